The van der Waals surface area contributed by atoms with E-state index in [2.05, 4.69) is 36.5 Å². The molecular formula is C25H34N2O3S. The van der Waals surface area contributed by atoms with Crippen LogP contribution in [0.15, 0.2) is 54.6 Å². The average molecular weight is 443 g/mol. The molecule has 0 unspecified atom stereocenters. The molecule has 0 aromatic heterocycles. The van der Waals surface area contributed by atoms with E-state index in [-0.39, 0.29) is 17.6 Å². The van der Waals surface area contributed by atoms with Crippen molar-refractivity contribution in [2.45, 2.75) is 45.4 Å². The van der Waals surface area contributed by atoms with Crippen LogP contribution < -0.4 is 5.32 Å². The van der Waals surface area contributed by atoms with Crippen molar-refractivity contribution in [2.75, 3.05) is 25.4 Å². The molecule has 5 nitrogen and oxygen atoms in total. The van der Waals surface area contributed by atoms with Crippen LogP contribution in [0, 0.1) is 12.8 Å². The molecule has 1 aliphatic heterocycles. The lowest BCUT2D eigenvalue weighted by Crippen LogP contribution is -2.46. The number of benzene rings is 2. The van der Waals surface area contributed by atoms with Crippen molar-refractivity contribution in [1.29, 1.82) is 0 Å². The lowest BCUT2D eigenvalue weighted by atomic mass is 9.99. The first-order valence-electron chi connectivity index (χ1n) is 11.3. The number of nitrogens with one attached hydrogen (secondary N) is 1. The van der Waals surface area contributed by atoms with Crippen LogP contribution in [0.1, 0.15) is 42.4 Å². The Hall–Kier alpha value is -2.18. The number of carbonyl (C=O) groups is 1. The van der Waals surface area contributed by atoms with Gasteiger partial charge < -0.3 is 5.32 Å². The molecule has 31 heavy (non-hydrogen) atoms. The molecule has 1 aliphatic rings. The summed E-state index contributed by atoms with van der Waals surface area (Å²) in [4.78, 5) is 12.6. The molecule has 1 saturated heterocycles. The highest BCUT2D eigenvalue weighted by molar-refractivity contribution is 7.89. The Morgan fingerprint density at radius 3 is 2.42 bits per heavy atom. The van der Waals surface area contributed by atoms with Crippen molar-refractivity contribution in [3.05, 3.63) is 71.3 Å². The molecule has 0 saturated carbocycles. The van der Waals surface area contributed by atoms with Gasteiger partial charge in [-0.05, 0) is 56.6 Å². The number of aryl methyl sites for hydroxylation is 3. The minimum Gasteiger partial charge on any atom is -0.356 e. The largest absolute Gasteiger partial charge is 0.356 e. The summed E-state index contributed by atoms with van der Waals surface area (Å²) in [5, 5.41) is 3.01. The Morgan fingerprint density at radius 1 is 1.00 bits per heavy atom. The van der Waals surface area contributed by atoms with Gasteiger partial charge in [0.05, 0.1) is 11.7 Å². The maximum Gasteiger partial charge on any atom is 0.224 e. The van der Waals surface area contributed by atoms with Crippen LogP contribution >= 0.6 is 0 Å². The van der Waals surface area contributed by atoms with E-state index in [0.29, 0.717) is 26.1 Å². The minimum absolute atomic E-state index is 0.0203. The van der Waals surface area contributed by atoms with Crippen molar-refractivity contribution in [3.8, 4) is 0 Å². The van der Waals surface area contributed by atoms with Gasteiger partial charge in [0, 0.05) is 19.6 Å². The molecule has 0 spiro atoms. The molecule has 0 bridgehead atoms. The second-order valence-corrected chi connectivity index (χ2v) is 10.6. The van der Waals surface area contributed by atoms with E-state index in [1.165, 1.54) is 15.4 Å². The third-order valence-electron chi connectivity index (χ3n) is 5.92. The fourth-order valence-electron chi connectivity index (χ4n) is 4.04. The predicted octanol–water partition coefficient (Wildman–Crippen LogP) is 3.72. The molecule has 1 N–H and O–H groups in total. The Morgan fingerprint density at radius 2 is 1.68 bits per heavy atom. The standard InChI is InChI=1S/C25H34N2O3S/c1-21-13-15-23(16-14-21)10-5-17-26-25(28)24-12-6-18-27(20-24)31(29,30)19-7-11-22-8-3-2-4-9-22/h2-4,8-9,13-16,24H,5-7,10-12,17-20H2,1H3,(H,26,28)/t24-/m1/s1. The third-order valence-corrected chi connectivity index (χ3v) is 7.84. The molecule has 168 valence electrons. The summed E-state index contributed by atoms with van der Waals surface area (Å²) in [5.74, 6) is -0.141. The summed E-state index contributed by atoms with van der Waals surface area (Å²) in [7, 11) is -3.33. The van der Waals surface area contributed by atoms with Crippen molar-refractivity contribution in [1.82, 2.24) is 9.62 Å². The number of nitrogens with zero attached hydrogens (tertiary/aromatic N) is 1. The summed E-state index contributed by atoms with van der Waals surface area (Å²) in [6.07, 6.45) is 4.63. The number of carbonyl (C=O) groups excluding carboxylic acids is 1. The first kappa shape index (κ1) is 23.5. The Balaban J connectivity index is 1.40. The molecule has 1 fully saturated rings. The monoisotopic (exact) mass is 442 g/mol. The fraction of sp³-hybridized carbons (Fsp3) is 0.480. The zero-order valence-corrected chi connectivity index (χ0v) is 19.2. The first-order chi connectivity index (χ1) is 14.9. The van der Waals surface area contributed by atoms with Crippen LogP contribution in [0.3, 0.4) is 0 Å². The summed E-state index contributed by atoms with van der Waals surface area (Å²) in [6.45, 7) is 3.51. The third kappa shape index (κ3) is 7.47. The number of sulfonamides is 1. The minimum atomic E-state index is -3.33. The summed E-state index contributed by atoms with van der Waals surface area (Å²) < 4.78 is 27.1. The SMILES string of the molecule is Cc1ccc(CCCNC(=O)[C@@H]2CCCN(S(=O)(=O)CCCc3ccccc3)C2)cc1. The molecule has 2 aromatic rings. The highest BCUT2D eigenvalue weighted by atomic mass is 32.2. The van der Waals surface area contributed by atoms with Gasteiger partial charge in [0.2, 0.25) is 15.9 Å². The van der Waals surface area contributed by atoms with E-state index in [0.717, 1.165) is 37.7 Å². The van der Waals surface area contributed by atoms with Crippen molar-refractivity contribution in [3.63, 3.8) is 0 Å². The van der Waals surface area contributed by atoms with Crippen LogP contribution in [-0.4, -0.2) is 44.0 Å². The molecule has 3 rings (SSSR count). The maximum absolute atomic E-state index is 12.8. The summed E-state index contributed by atoms with van der Waals surface area (Å²) in [6, 6.07) is 18.4. The van der Waals surface area contributed by atoms with Crippen LogP contribution in [0.25, 0.3) is 0 Å². The summed E-state index contributed by atoms with van der Waals surface area (Å²) >= 11 is 0. The quantitative estimate of drug-likeness (QED) is 0.570. The van der Waals surface area contributed by atoms with Gasteiger partial charge in [0.1, 0.15) is 0 Å². The van der Waals surface area contributed by atoms with E-state index in [9.17, 15) is 13.2 Å². The highest BCUT2D eigenvalue weighted by Gasteiger charge is 2.31. The Labute approximate surface area is 186 Å². The van der Waals surface area contributed by atoms with Crippen molar-refractivity contribution in [2.24, 2.45) is 5.92 Å². The smallest absolute Gasteiger partial charge is 0.224 e. The van der Waals surface area contributed by atoms with Crippen LogP contribution in [-0.2, 0) is 27.7 Å². The number of hydrogen-bond donors (Lipinski definition) is 1. The van der Waals surface area contributed by atoms with Gasteiger partial charge in [-0.2, -0.15) is 0 Å². The summed E-state index contributed by atoms with van der Waals surface area (Å²) in [5.41, 5.74) is 3.67. The highest BCUT2D eigenvalue weighted by Crippen LogP contribution is 2.20. The predicted molar refractivity (Wildman–Crippen MR) is 125 cm³/mol. The zero-order valence-electron chi connectivity index (χ0n) is 18.4. The average Bonchev–Trinajstić information content (AvgIpc) is 2.78. The molecule has 1 heterocycles. The van der Waals surface area contributed by atoms with Crippen LogP contribution in [0.4, 0.5) is 0 Å². The van der Waals surface area contributed by atoms with Gasteiger partial charge in [-0.15, -0.1) is 0 Å². The zero-order chi connectivity index (χ0) is 22.1. The van der Waals surface area contributed by atoms with E-state index in [1.807, 2.05) is 30.3 Å². The first-order valence-corrected chi connectivity index (χ1v) is 12.9. The van der Waals surface area contributed by atoms with Gasteiger partial charge in [-0.25, -0.2) is 12.7 Å². The number of hydrogen-bond acceptors (Lipinski definition) is 3. The van der Waals surface area contributed by atoms with Gasteiger partial charge in [0.15, 0.2) is 0 Å². The molecule has 2 aromatic carbocycles. The molecule has 6 heteroatoms. The molecule has 0 aliphatic carbocycles. The van der Waals surface area contributed by atoms with E-state index >= 15 is 0 Å². The topological polar surface area (TPSA) is 66.5 Å². The second kappa shape index (κ2) is 11.4. The van der Waals surface area contributed by atoms with Gasteiger partial charge in [-0.3, -0.25) is 4.79 Å². The van der Waals surface area contributed by atoms with E-state index < -0.39 is 10.0 Å². The van der Waals surface area contributed by atoms with Gasteiger partial charge >= 0.3 is 0 Å². The fourth-order valence-corrected chi connectivity index (χ4v) is 5.63. The molecule has 1 atom stereocenters. The normalized spacial score (nSPS) is 17.4. The lowest BCUT2D eigenvalue weighted by Gasteiger charge is -2.31. The van der Waals surface area contributed by atoms with Gasteiger partial charge in [-0.1, -0.05) is 60.2 Å². The van der Waals surface area contributed by atoms with E-state index in [4.69, 9.17) is 0 Å². The second-order valence-electron chi connectivity index (χ2n) is 8.48. The van der Waals surface area contributed by atoms with Crippen molar-refractivity contribution >= 4 is 15.9 Å². The van der Waals surface area contributed by atoms with Crippen molar-refractivity contribution < 1.29 is 13.2 Å². The maximum atomic E-state index is 12.8. The van der Waals surface area contributed by atoms with Crippen LogP contribution in [0.2, 0.25) is 0 Å². The molecule has 0 radical (unpaired) electrons. The molecular weight excluding hydrogens is 408 g/mol. The lowest BCUT2D eigenvalue weighted by molar-refractivity contribution is -0.126. The Bertz CT molecular complexity index is 927. The number of rotatable bonds is 10. The molecule has 1 amide bonds. The van der Waals surface area contributed by atoms with Gasteiger partial charge in [0.25, 0.3) is 0 Å². The number of piperidine rings is 1. The van der Waals surface area contributed by atoms with E-state index in [1.54, 1.807) is 0 Å². The van der Waals surface area contributed by atoms with Crippen LogP contribution in [0.5, 0.6) is 0 Å². The Kier molecular flexibility index (Phi) is 8.67. The number of amides is 1.